The van der Waals surface area contributed by atoms with E-state index in [1.807, 2.05) is 37.3 Å². The molecule has 1 aliphatic rings. The Balaban J connectivity index is 1.48. The van der Waals surface area contributed by atoms with Gasteiger partial charge in [0.1, 0.15) is 12.7 Å². The van der Waals surface area contributed by atoms with Crippen molar-refractivity contribution in [2.75, 3.05) is 6.61 Å². The summed E-state index contributed by atoms with van der Waals surface area (Å²) in [6, 6.07) is 15.8. The lowest BCUT2D eigenvalue weighted by Crippen LogP contribution is -2.37. The van der Waals surface area contributed by atoms with Gasteiger partial charge in [-0.05, 0) is 37.5 Å². The molecule has 0 radical (unpaired) electrons. The summed E-state index contributed by atoms with van der Waals surface area (Å²) in [5.41, 5.74) is 1.86. The van der Waals surface area contributed by atoms with Gasteiger partial charge < -0.3 is 9.47 Å². The molecule has 0 N–H and O–H groups in total. The van der Waals surface area contributed by atoms with E-state index < -0.39 is 28.3 Å². The largest absolute Gasteiger partial charge is 0.459 e. The lowest BCUT2D eigenvalue weighted by atomic mass is 10.1. The van der Waals surface area contributed by atoms with E-state index in [-0.39, 0.29) is 18.1 Å². The molecular formula is C20H22O6S. The van der Waals surface area contributed by atoms with Crippen LogP contribution in [0, 0.1) is 6.92 Å². The Morgan fingerprint density at radius 3 is 2.41 bits per heavy atom. The van der Waals surface area contributed by atoms with Crippen LogP contribution >= 0.6 is 0 Å². The van der Waals surface area contributed by atoms with Crippen molar-refractivity contribution in [3.05, 3.63) is 65.7 Å². The summed E-state index contributed by atoms with van der Waals surface area (Å²) in [6.07, 6.45) is -0.567. The average Bonchev–Trinajstić information content (AvgIpc) is 2.67. The van der Waals surface area contributed by atoms with E-state index in [2.05, 4.69) is 0 Å². The molecule has 0 aromatic heterocycles. The van der Waals surface area contributed by atoms with Crippen LogP contribution in [0.3, 0.4) is 0 Å². The molecule has 1 heterocycles. The first-order chi connectivity index (χ1) is 12.9. The predicted octanol–water partition coefficient (Wildman–Crippen LogP) is 2.99. The molecule has 27 heavy (non-hydrogen) atoms. The second-order valence-electron chi connectivity index (χ2n) is 6.48. The molecule has 1 saturated heterocycles. The van der Waals surface area contributed by atoms with Gasteiger partial charge in [0.25, 0.3) is 10.1 Å². The average molecular weight is 390 g/mol. The van der Waals surface area contributed by atoms with E-state index in [9.17, 15) is 13.2 Å². The van der Waals surface area contributed by atoms with Gasteiger partial charge in [0.2, 0.25) is 0 Å². The van der Waals surface area contributed by atoms with Gasteiger partial charge in [-0.25, -0.2) is 4.79 Å². The smallest absolute Gasteiger partial charge is 0.335 e. The van der Waals surface area contributed by atoms with Crippen molar-refractivity contribution in [3.63, 3.8) is 0 Å². The molecule has 0 bridgehead atoms. The molecule has 2 aromatic carbocycles. The number of benzene rings is 2. The van der Waals surface area contributed by atoms with Gasteiger partial charge in [-0.15, -0.1) is 0 Å². The van der Waals surface area contributed by atoms with E-state index >= 15 is 0 Å². The number of carbonyl (C=O) groups is 1. The molecule has 2 atom stereocenters. The molecule has 2 aromatic rings. The molecule has 0 saturated carbocycles. The van der Waals surface area contributed by atoms with Crippen LogP contribution in [0.15, 0.2) is 59.5 Å². The van der Waals surface area contributed by atoms with Gasteiger partial charge in [-0.1, -0.05) is 48.0 Å². The third-order valence-electron chi connectivity index (χ3n) is 4.29. The highest BCUT2D eigenvalue weighted by Crippen LogP contribution is 2.22. The molecule has 144 valence electrons. The quantitative estimate of drug-likeness (QED) is 0.557. The van der Waals surface area contributed by atoms with Crippen LogP contribution in [-0.2, 0) is 35.2 Å². The molecule has 3 rings (SSSR count). The Morgan fingerprint density at radius 1 is 1.07 bits per heavy atom. The summed E-state index contributed by atoms with van der Waals surface area (Å²) in [4.78, 5) is 12.2. The maximum Gasteiger partial charge on any atom is 0.335 e. The van der Waals surface area contributed by atoms with Crippen molar-refractivity contribution in [3.8, 4) is 0 Å². The highest BCUT2D eigenvalue weighted by atomic mass is 32.2. The first-order valence-corrected chi connectivity index (χ1v) is 10.2. The van der Waals surface area contributed by atoms with Gasteiger partial charge in [0, 0.05) is 0 Å². The number of aryl methyl sites for hydroxylation is 1. The summed E-state index contributed by atoms with van der Waals surface area (Å²) in [5, 5.41) is 0. The Morgan fingerprint density at radius 2 is 1.78 bits per heavy atom. The van der Waals surface area contributed by atoms with E-state index in [1.165, 1.54) is 12.1 Å². The highest BCUT2D eigenvalue weighted by Gasteiger charge is 2.31. The van der Waals surface area contributed by atoms with Gasteiger partial charge in [-0.2, -0.15) is 8.42 Å². The van der Waals surface area contributed by atoms with Crippen LogP contribution in [-0.4, -0.2) is 33.2 Å². The predicted molar refractivity (Wildman–Crippen MR) is 98.4 cm³/mol. The number of hydrogen-bond donors (Lipinski definition) is 0. The fourth-order valence-corrected chi connectivity index (χ4v) is 3.84. The maximum absolute atomic E-state index is 12.3. The number of carbonyl (C=O) groups excluding carboxylic acids is 1. The van der Waals surface area contributed by atoms with Gasteiger partial charge in [-0.3, -0.25) is 4.18 Å². The first kappa shape index (κ1) is 19.5. The van der Waals surface area contributed by atoms with E-state index in [1.54, 1.807) is 12.1 Å². The maximum atomic E-state index is 12.3. The summed E-state index contributed by atoms with van der Waals surface area (Å²) in [6.45, 7) is 2.08. The topological polar surface area (TPSA) is 78.9 Å². The third kappa shape index (κ3) is 5.38. The van der Waals surface area contributed by atoms with Crippen molar-refractivity contribution in [2.24, 2.45) is 0 Å². The fourth-order valence-electron chi connectivity index (χ4n) is 2.75. The Kier molecular flexibility index (Phi) is 6.26. The summed E-state index contributed by atoms with van der Waals surface area (Å²) in [5.74, 6) is -0.446. The number of rotatable bonds is 6. The van der Waals surface area contributed by atoms with Gasteiger partial charge in [0.15, 0.2) is 6.10 Å². The van der Waals surface area contributed by atoms with Crippen molar-refractivity contribution < 1.29 is 26.9 Å². The van der Waals surface area contributed by atoms with E-state index in [0.717, 1.165) is 11.1 Å². The van der Waals surface area contributed by atoms with Crippen molar-refractivity contribution >= 4 is 16.1 Å². The zero-order valence-electron chi connectivity index (χ0n) is 15.0. The molecule has 7 heteroatoms. The molecule has 1 aliphatic heterocycles. The first-order valence-electron chi connectivity index (χ1n) is 8.76. The molecule has 0 spiro atoms. The van der Waals surface area contributed by atoms with Crippen molar-refractivity contribution in [1.82, 2.24) is 0 Å². The van der Waals surface area contributed by atoms with Crippen LogP contribution in [0.5, 0.6) is 0 Å². The Hall–Kier alpha value is -2.22. The van der Waals surface area contributed by atoms with Crippen LogP contribution in [0.4, 0.5) is 0 Å². The second kappa shape index (κ2) is 8.65. The lowest BCUT2D eigenvalue weighted by Gasteiger charge is -2.27. The lowest BCUT2D eigenvalue weighted by molar-refractivity contribution is -0.164. The van der Waals surface area contributed by atoms with Crippen molar-refractivity contribution in [2.45, 2.75) is 43.5 Å². The minimum atomic E-state index is -3.86. The normalized spacial score (nSPS) is 20.2. The SMILES string of the molecule is Cc1ccc(S(=O)(=O)O[C@H]2CC[C@H](C(=O)OCc3ccccc3)OC2)cc1. The second-order valence-corrected chi connectivity index (χ2v) is 8.05. The Labute approximate surface area is 159 Å². The van der Waals surface area contributed by atoms with Crippen LogP contribution in [0.1, 0.15) is 24.0 Å². The van der Waals surface area contributed by atoms with Crippen molar-refractivity contribution in [1.29, 1.82) is 0 Å². The monoisotopic (exact) mass is 390 g/mol. The van der Waals surface area contributed by atoms with E-state index in [0.29, 0.717) is 12.8 Å². The molecular weight excluding hydrogens is 368 g/mol. The fraction of sp³-hybridized carbons (Fsp3) is 0.350. The molecule has 0 unspecified atom stereocenters. The minimum absolute atomic E-state index is 0.0240. The van der Waals surface area contributed by atoms with Gasteiger partial charge in [0.05, 0.1) is 11.5 Å². The molecule has 0 aliphatic carbocycles. The summed E-state index contributed by atoms with van der Waals surface area (Å²) >= 11 is 0. The summed E-state index contributed by atoms with van der Waals surface area (Å²) < 4.78 is 40.6. The standard InChI is InChI=1S/C20H22O6S/c1-15-7-10-18(11-8-15)27(22,23)26-17-9-12-19(24-14-17)20(21)25-13-16-5-3-2-4-6-16/h2-8,10-11,17,19H,9,12-14H2,1H3/t17-,19+/m0/s1. The number of ether oxygens (including phenoxy) is 2. The number of esters is 1. The number of hydrogen-bond acceptors (Lipinski definition) is 6. The molecule has 1 fully saturated rings. The van der Waals surface area contributed by atoms with Crippen LogP contribution in [0.25, 0.3) is 0 Å². The van der Waals surface area contributed by atoms with Gasteiger partial charge >= 0.3 is 5.97 Å². The van der Waals surface area contributed by atoms with Crippen LogP contribution < -0.4 is 0 Å². The van der Waals surface area contributed by atoms with E-state index in [4.69, 9.17) is 13.7 Å². The molecule has 6 nitrogen and oxygen atoms in total. The Bertz CT molecular complexity index is 853. The zero-order chi connectivity index (χ0) is 19.3. The highest BCUT2D eigenvalue weighted by molar-refractivity contribution is 7.86. The molecule has 0 amide bonds. The van der Waals surface area contributed by atoms with Crippen LogP contribution in [0.2, 0.25) is 0 Å². The minimum Gasteiger partial charge on any atom is -0.459 e. The zero-order valence-corrected chi connectivity index (χ0v) is 15.9. The third-order valence-corrected chi connectivity index (χ3v) is 5.67. The summed E-state index contributed by atoms with van der Waals surface area (Å²) in [7, 11) is -3.86.